The Labute approximate surface area is 128 Å². The largest absolute Gasteiger partial charge is 0.489 e. The SMILES string of the molecule is Cc1ccc(COc2ccc3nc(CC(N)=O)[nH]c3c2)cc1. The van der Waals surface area contributed by atoms with E-state index in [-0.39, 0.29) is 6.42 Å². The summed E-state index contributed by atoms with van der Waals surface area (Å²) in [5, 5.41) is 0. The Morgan fingerprint density at radius 1 is 1.23 bits per heavy atom. The van der Waals surface area contributed by atoms with Crippen molar-refractivity contribution in [1.82, 2.24) is 9.97 Å². The van der Waals surface area contributed by atoms with Gasteiger partial charge in [-0.2, -0.15) is 0 Å². The molecule has 3 rings (SSSR count). The second-order valence-corrected chi connectivity index (χ2v) is 5.28. The van der Waals surface area contributed by atoms with E-state index in [9.17, 15) is 4.79 Å². The van der Waals surface area contributed by atoms with E-state index < -0.39 is 5.91 Å². The first kappa shape index (κ1) is 14.1. The van der Waals surface area contributed by atoms with Crippen molar-refractivity contribution in [2.24, 2.45) is 5.73 Å². The van der Waals surface area contributed by atoms with Crippen LogP contribution in [0.4, 0.5) is 0 Å². The van der Waals surface area contributed by atoms with E-state index in [1.54, 1.807) is 0 Å². The van der Waals surface area contributed by atoms with Crippen molar-refractivity contribution in [1.29, 1.82) is 0 Å². The van der Waals surface area contributed by atoms with Gasteiger partial charge in [-0.1, -0.05) is 29.8 Å². The Hall–Kier alpha value is -2.82. The standard InChI is InChI=1S/C17H17N3O2/c1-11-2-4-12(5-3-11)10-22-13-6-7-14-15(8-13)20-17(19-14)9-16(18)21/h2-8H,9-10H2,1H3,(H2,18,21)(H,19,20). The lowest BCUT2D eigenvalue weighted by molar-refractivity contribution is -0.117. The molecule has 0 bridgehead atoms. The normalized spacial score (nSPS) is 10.8. The molecule has 0 spiro atoms. The minimum atomic E-state index is -0.407. The summed E-state index contributed by atoms with van der Waals surface area (Å²) >= 11 is 0. The molecule has 0 aliphatic carbocycles. The number of aryl methyl sites for hydroxylation is 1. The fourth-order valence-corrected chi connectivity index (χ4v) is 2.23. The highest BCUT2D eigenvalue weighted by Gasteiger charge is 2.06. The van der Waals surface area contributed by atoms with Crippen LogP contribution in [-0.4, -0.2) is 15.9 Å². The van der Waals surface area contributed by atoms with E-state index in [2.05, 4.69) is 41.2 Å². The topological polar surface area (TPSA) is 81.0 Å². The number of rotatable bonds is 5. The van der Waals surface area contributed by atoms with Crippen LogP contribution in [0.15, 0.2) is 42.5 Å². The van der Waals surface area contributed by atoms with Gasteiger partial charge in [0.25, 0.3) is 0 Å². The summed E-state index contributed by atoms with van der Waals surface area (Å²) in [5.74, 6) is 0.912. The molecule has 0 saturated carbocycles. The molecule has 22 heavy (non-hydrogen) atoms. The number of ether oxygens (including phenoxy) is 1. The van der Waals surface area contributed by atoms with Gasteiger partial charge in [-0.15, -0.1) is 0 Å². The third-order valence-electron chi connectivity index (χ3n) is 3.37. The number of hydrogen-bond donors (Lipinski definition) is 2. The summed E-state index contributed by atoms with van der Waals surface area (Å²) in [4.78, 5) is 18.3. The van der Waals surface area contributed by atoms with Gasteiger partial charge in [0.05, 0.1) is 17.5 Å². The van der Waals surface area contributed by atoms with Gasteiger partial charge in [0.2, 0.25) is 5.91 Å². The maximum atomic E-state index is 10.9. The van der Waals surface area contributed by atoms with Crippen LogP contribution in [0.25, 0.3) is 11.0 Å². The number of fused-ring (bicyclic) bond motifs is 1. The Morgan fingerprint density at radius 2 is 2.00 bits per heavy atom. The van der Waals surface area contributed by atoms with Gasteiger partial charge in [-0.05, 0) is 24.6 Å². The number of aromatic amines is 1. The van der Waals surface area contributed by atoms with E-state index >= 15 is 0 Å². The lowest BCUT2D eigenvalue weighted by Crippen LogP contribution is -2.14. The van der Waals surface area contributed by atoms with Crippen LogP contribution in [0.2, 0.25) is 0 Å². The number of hydrogen-bond acceptors (Lipinski definition) is 3. The Kier molecular flexibility index (Phi) is 3.78. The second-order valence-electron chi connectivity index (χ2n) is 5.28. The number of imidazole rings is 1. The predicted octanol–water partition coefficient (Wildman–Crippen LogP) is 2.48. The van der Waals surface area contributed by atoms with E-state index in [1.165, 1.54) is 5.56 Å². The van der Waals surface area contributed by atoms with Crippen molar-refractivity contribution in [2.45, 2.75) is 20.0 Å². The molecular formula is C17H17N3O2. The molecule has 0 aliphatic heterocycles. The zero-order chi connectivity index (χ0) is 15.5. The van der Waals surface area contributed by atoms with Crippen molar-refractivity contribution in [3.8, 4) is 5.75 Å². The molecule has 0 atom stereocenters. The number of nitrogens with one attached hydrogen (secondary N) is 1. The van der Waals surface area contributed by atoms with Crippen molar-refractivity contribution in [3.05, 3.63) is 59.4 Å². The number of benzene rings is 2. The number of nitrogens with two attached hydrogens (primary N) is 1. The first-order valence-electron chi connectivity index (χ1n) is 7.05. The summed E-state index contributed by atoms with van der Waals surface area (Å²) < 4.78 is 5.79. The van der Waals surface area contributed by atoms with E-state index in [1.807, 2.05) is 18.2 Å². The molecule has 0 saturated heterocycles. The highest BCUT2D eigenvalue weighted by atomic mass is 16.5. The predicted molar refractivity (Wildman–Crippen MR) is 84.5 cm³/mol. The van der Waals surface area contributed by atoms with E-state index in [0.717, 1.165) is 22.3 Å². The summed E-state index contributed by atoms with van der Waals surface area (Å²) in [5.41, 5.74) is 9.14. The van der Waals surface area contributed by atoms with Crippen LogP contribution in [-0.2, 0) is 17.8 Å². The second kappa shape index (κ2) is 5.89. The Morgan fingerprint density at radius 3 is 2.73 bits per heavy atom. The van der Waals surface area contributed by atoms with Crippen LogP contribution >= 0.6 is 0 Å². The van der Waals surface area contributed by atoms with Gasteiger partial charge in [-0.3, -0.25) is 4.79 Å². The average molecular weight is 295 g/mol. The van der Waals surface area contributed by atoms with Gasteiger partial charge in [0.1, 0.15) is 18.2 Å². The molecular weight excluding hydrogens is 278 g/mol. The fraction of sp³-hybridized carbons (Fsp3) is 0.176. The van der Waals surface area contributed by atoms with Crippen LogP contribution in [0.1, 0.15) is 17.0 Å². The number of carbonyl (C=O) groups excluding carboxylic acids is 1. The molecule has 0 fully saturated rings. The zero-order valence-corrected chi connectivity index (χ0v) is 12.3. The monoisotopic (exact) mass is 295 g/mol. The third-order valence-corrected chi connectivity index (χ3v) is 3.37. The molecule has 1 aromatic heterocycles. The van der Waals surface area contributed by atoms with Gasteiger partial charge in [0, 0.05) is 6.07 Å². The summed E-state index contributed by atoms with van der Waals surface area (Å²) in [6, 6.07) is 13.8. The van der Waals surface area contributed by atoms with Gasteiger partial charge < -0.3 is 15.5 Å². The van der Waals surface area contributed by atoms with Gasteiger partial charge in [-0.25, -0.2) is 4.98 Å². The minimum Gasteiger partial charge on any atom is -0.489 e. The van der Waals surface area contributed by atoms with Crippen molar-refractivity contribution < 1.29 is 9.53 Å². The van der Waals surface area contributed by atoms with Crippen LogP contribution < -0.4 is 10.5 Å². The summed E-state index contributed by atoms with van der Waals surface area (Å²) in [6.07, 6.45) is 0.105. The molecule has 3 N–H and O–H groups in total. The minimum absolute atomic E-state index is 0.105. The molecule has 5 nitrogen and oxygen atoms in total. The lowest BCUT2D eigenvalue weighted by atomic mass is 10.2. The fourth-order valence-electron chi connectivity index (χ4n) is 2.23. The van der Waals surface area contributed by atoms with Crippen LogP contribution in [0, 0.1) is 6.92 Å². The quantitative estimate of drug-likeness (QED) is 0.758. The van der Waals surface area contributed by atoms with Crippen molar-refractivity contribution in [3.63, 3.8) is 0 Å². The Balaban J connectivity index is 1.73. The molecule has 2 aromatic carbocycles. The molecule has 5 heteroatoms. The first-order valence-corrected chi connectivity index (χ1v) is 7.05. The number of nitrogens with zero attached hydrogens (tertiary/aromatic N) is 1. The highest BCUT2D eigenvalue weighted by molar-refractivity contribution is 5.80. The molecule has 1 heterocycles. The summed E-state index contributed by atoms with van der Waals surface area (Å²) in [7, 11) is 0. The summed E-state index contributed by atoms with van der Waals surface area (Å²) in [6.45, 7) is 2.56. The smallest absolute Gasteiger partial charge is 0.225 e. The maximum Gasteiger partial charge on any atom is 0.225 e. The molecule has 3 aromatic rings. The van der Waals surface area contributed by atoms with Gasteiger partial charge >= 0.3 is 0 Å². The maximum absolute atomic E-state index is 10.9. The number of carbonyl (C=O) groups is 1. The van der Waals surface area contributed by atoms with E-state index in [0.29, 0.717) is 12.4 Å². The molecule has 0 unspecified atom stereocenters. The lowest BCUT2D eigenvalue weighted by Gasteiger charge is -2.06. The van der Waals surface area contributed by atoms with Gasteiger partial charge in [0.15, 0.2) is 0 Å². The number of primary amides is 1. The highest BCUT2D eigenvalue weighted by Crippen LogP contribution is 2.20. The third kappa shape index (κ3) is 3.25. The average Bonchev–Trinajstić information content (AvgIpc) is 2.87. The van der Waals surface area contributed by atoms with Crippen molar-refractivity contribution in [2.75, 3.05) is 0 Å². The van der Waals surface area contributed by atoms with Crippen LogP contribution in [0.5, 0.6) is 5.75 Å². The molecule has 112 valence electrons. The van der Waals surface area contributed by atoms with Crippen molar-refractivity contribution >= 4 is 16.9 Å². The molecule has 0 radical (unpaired) electrons. The Bertz CT molecular complexity index is 806. The number of aromatic nitrogens is 2. The number of amides is 1. The molecule has 1 amide bonds. The number of H-pyrrole nitrogens is 1. The van der Waals surface area contributed by atoms with Crippen LogP contribution in [0.3, 0.4) is 0 Å². The first-order chi connectivity index (χ1) is 10.6. The molecule has 0 aliphatic rings. The van der Waals surface area contributed by atoms with E-state index in [4.69, 9.17) is 10.5 Å². The zero-order valence-electron chi connectivity index (χ0n) is 12.3.